The first-order valence-corrected chi connectivity index (χ1v) is 7.57. The molecule has 1 aromatic rings. The van der Waals surface area contributed by atoms with Crippen LogP contribution in [-0.2, 0) is 24.9 Å². The van der Waals surface area contributed by atoms with E-state index in [1.165, 1.54) is 18.2 Å². The number of hydrogen-bond donors (Lipinski definition) is 2. The van der Waals surface area contributed by atoms with Gasteiger partial charge >= 0.3 is 0 Å². The zero-order valence-electron chi connectivity index (χ0n) is 8.95. The van der Waals surface area contributed by atoms with Gasteiger partial charge in [0.25, 0.3) is 10.0 Å². The molecular weight excluding hydrogens is 268 g/mol. The molecule has 1 rings (SSSR count). The van der Waals surface area contributed by atoms with Gasteiger partial charge in [0, 0.05) is 0 Å². The van der Waals surface area contributed by atoms with Gasteiger partial charge in [-0.3, -0.25) is 4.84 Å². The third kappa shape index (κ3) is 3.75. The third-order valence-corrected chi connectivity index (χ3v) is 3.88. The van der Waals surface area contributed by atoms with Gasteiger partial charge in [-0.05, 0) is 25.1 Å². The minimum Gasteiger partial charge on any atom is -0.287 e. The average Bonchev–Trinajstić information content (AvgIpc) is 2.25. The maximum Gasteiger partial charge on any atom is 0.262 e. The molecule has 9 heteroatoms. The van der Waals surface area contributed by atoms with E-state index < -0.39 is 20.0 Å². The summed E-state index contributed by atoms with van der Waals surface area (Å²) in [6.07, 6.45) is 0. The molecule has 96 valence electrons. The van der Waals surface area contributed by atoms with Crippen LogP contribution in [0.5, 0.6) is 0 Å². The Bertz CT molecular complexity index is 594. The van der Waals surface area contributed by atoms with Crippen LogP contribution in [0.4, 0.5) is 0 Å². The highest BCUT2D eigenvalue weighted by Crippen LogP contribution is 2.14. The number of benzene rings is 1. The zero-order chi connectivity index (χ0) is 13.1. The summed E-state index contributed by atoms with van der Waals surface area (Å²) in [6, 6.07) is 4.67. The summed E-state index contributed by atoms with van der Waals surface area (Å²) in [6.45, 7) is 1.75. The fourth-order valence-corrected chi connectivity index (χ4v) is 2.55. The highest BCUT2D eigenvalue weighted by atomic mass is 32.2. The third-order valence-electron chi connectivity index (χ3n) is 1.76. The van der Waals surface area contributed by atoms with Crippen molar-refractivity contribution in [1.29, 1.82) is 0 Å². The number of rotatable bonds is 5. The topological polar surface area (TPSA) is 116 Å². The molecular formula is C8H12N2O5S2. The Morgan fingerprint density at radius 1 is 1.24 bits per heavy atom. The van der Waals surface area contributed by atoms with Gasteiger partial charge in [-0.1, -0.05) is 11.0 Å². The van der Waals surface area contributed by atoms with Crippen LogP contribution in [0.15, 0.2) is 34.1 Å². The highest BCUT2D eigenvalue weighted by Gasteiger charge is 2.17. The van der Waals surface area contributed by atoms with E-state index in [2.05, 4.69) is 4.84 Å². The first-order valence-electron chi connectivity index (χ1n) is 4.54. The quantitative estimate of drug-likeness (QED) is 0.710. The standard InChI is InChI=1S/C8H12N2O5S2/c1-2-15-10-17(13,14)8-5-3-4-7(6-8)16(9,11)12/h3-6,10H,2H2,1H3,(H2,9,11,12). The molecule has 0 amide bonds. The molecule has 17 heavy (non-hydrogen) atoms. The maximum atomic E-state index is 11.6. The molecule has 0 aliphatic heterocycles. The minimum atomic E-state index is -3.94. The molecule has 0 bridgehead atoms. The van der Waals surface area contributed by atoms with Gasteiger partial charge in [0.05, 0.1) is 16.4 Å². The van der Waals surface area contributed by atoms with Crippen molar-refractivity contribution >= 4 is 20.0 Å². The lowest BCUT2D eigenvalue weighted by Crippen LogP contribution is -2.24. The van der Waals surface area contributed by atoms with Crippen LogP contribution >= 0.6 is 0 Å². The Morgan fingerprint density at radius 3 is 2.35 bits per heavy atom. The Labute approximate surface area is 99.6 Å². The summed E-state index contributed by atoms with van der Waals surface area (Å²) in [4.78, 5) is 5.88. The Hall–Kier alpha value is -1.00. The Balaban J connectivity index is 3.17. The summed E-state index contributed by atoms with van der Waals surface area (Å²) < 4.78 is 45.3. The molecule has 0 aliphatic carbocycles. The predicted molar refractivity (Wildman–Crippen MR) is 59.8 cm³/mol. The van der Waals surface area contributed by atoms with E-state index in [0.717, 1.165) is 6.07 Å². The first kappa shape index (κ1) is 14.1. The molecule has 0 aromatic heterocycles. The fourth-order valence-electron chi connectivity index (χ4n) is 1.00. The lowest BCUT2D eigenvalue weighted by atomic mass is 10.4. The average molecular weight is 280 g/mol. The normalized spacial score (nSPS) is 12.6. The van der Waals surface area contributed by atoms with Gasteiger partial charge in [-0.2, -0.15) is 0 Å². The lowest BCUT2D eigenvalue weighted by Gasteiger charge is -2.06. The highest BCUT2D eigenvalue weighted by molar-refractivity contribution is 7.90. The number of nitrogens with two attached hydrogens (primary N) is 1. The summed E-state index contributed by atoms with van der Waals surface area (Å²) in [5.74, 6) is 0. The lowest BCUT2D eigenvalue weighted by molar-refractivity contribution is 0.105. The molecule has 7 nitrogen and oxygen atoms in total. The predicted octanol–water partition coefficient (Wildman–Crippen LogP) is -0.436. The van der Waals surface area contributed by atoms with Crippen molar-refractivity contribution < 1.29 is 21.7 Å². The van der Waals surface area contributed by atoms with Crippen LogP contribution in [0, 0.1) is 0 Å². The van der Waals surface area contributed by atoms with Gasteiger partial charge in [-0.15, -0.1) is 0 Å². The van der Waals surface area contributed by atoms with Gasteiger partial charge < -0.3 is 0 Å². The van der Waals surface area contributed by atoms with E-state index in [9.17, 15) is 16.8 Å². The monoisotopic (exact) mass is 280 g/mol. The van der Waals surface area contributed by atoms with E-state index in [4.69, 9.17) is 5.14 Å². The number of nitrogens with one attached hydrogen (secondary N) is 1. The van der Waals surface area contributed by atoms with Gasteiger partial charge in [-0.25, -0.2) is 22.0 Å². The van der Waals surface area contributed by atoms with Crippen molar-refractivity contribution in [3.05, 3.63) is 24.3 Å². The number of hydrogen-bond acceptors (Lipinski definition) is 5. The van der Waals surface area contributed by atoms with Crippen molar-refractivity contribution in [2.45, 2.75) is 16.7 Å². The summed E-state index contributed by atoms with van der Waals surface area (Å²) >= 11 is 0. The van der Waals surface area contributed by atoms with Crippen molar-refractivity contribution in [3.8, 4) is 0 Å². The first-order chi connectivity index (χ1) is 7.77. The van der Waals surface area contributed by atoms with E-state index in [1.807, 2.05) is 4.89 Å². The van der Waals surface area contributed by atoms with Crippen LogP contribution in [0.2, 0.25) is 0 Å². The molecule has 0 aliphatic rings. The van der Waals surface area contributed by atoms with Crippen LogP contribution in [0.1, 0.15) is 6.92 Å². The van der Waals surface area contributed by atoms with Crippen molar-refractivity contribution in [2.75, 3.05) is 6.61 Å². The Kier molecular flexibility index (Phi) is 4.22. The molecule has 0 heterocycles. The van der Waals surface area contributed by atoms with Gasteiger partial charge in [0.15, 0.2) is 0 Å². The fraction of sp³-hybridized carbons (Fsp3) is 0.250. The summed E-state index contributed by atoms with van der Waals surface area (Å²) in [5.41, 5.74) is 0. The molecule has 3 N–H and O–H groups in total. The second-order valence-electron chi connectivity index (χ2n) is 3.04. The molecule has 0 saturated carbocycles. The SMILES string of the molecule is CCONS(=O)(=O)c1cccc(S(N)(=O)=O)c1. The molecule has 0 fully saturated rings. The van der Waals surface area contributed by atoms with Crippen molar-refractivity contribution in [1.82, 2.24) is 4.89 Å². The molecule has 0 atom stereocenters. The van der Waals surface area contributed by atoms with Crippen LogP contribution < -0.4 is 10.0 Å². The molecule has 0 saturated heterocycles. The maximum absolute atomic E-state index is 11.6. The van der Waals surface area contributed by atoms with Gasteiger partial charge in [0.2, 0.25) is 10.0 Å². The van der Waals surface area contributed by atoms with E-state index in [-0.39, 0.29) is 16.4 Å². The van der Waals surface area contributed by atoms with Crippen molar-refractivity contribution in [2.24, 2.45) is 5.14 Å². The van der Waals surface area contributed by atoms with Crippen molar-refractivity contribution in [3.63, 3.8) is 0 Å². The zero-order valence-corrected chi connectivity index (χ0v) is 10.6. The number of sulfonamides is 2. The van der Waals surface area contributed by atoms with E-state index >= 15 is 0 Å². The van der Waals surface area contributed by atoms with Gasteiger partial charge in [0.1, 0.15) is 0 Å². The summed E-state index contributed by atoms with van der Waals surface area (Å²) in [5, 5.41) is 4.89. The smallest absolute Gasteiger partial charge is 0.262 e. The number of primary sulfonamides is 1. The van der Waals surface area contributed by atoms with Crippen LogP contribution in [0.25, 0.3) is 0 Å². The Morgan fingerprint density at radius 2 is 1.82 bits per heavy atom. The molecule has 0 spiro atoms. The largest absolute Gasteiger partial charge is 0.287 e. The molecule has 0 unspecified atom stereocenters. The van der Waals surface area contributed by atoms with E-state index in [1.54, 1.807) is 6.92 Å². The van der Waals surface area contributed by atoms with Crippen LogP contribution in [-0.4, -0.2) is 23.4 Å². The van der Waals surface area contributed by atoms with Crippen LogP contribution in [0.3, 0.4) is 0 Å². The second-order valence-corrected chi connectivity index (χ2v) is 6.25. The van der Waals surface area contributed by atoms with E-state index in [0.29, 0.717) is 0 Å². The molecule has 0 radical (unpaired) electrons. The molecule has 1 aromatic carbocycles. The minimum absolute atomic E-state index is 0.147. The second kappa shape index (κ2) is 5.10. The summed E-state index contributed by atoms with van der Waals surface area (Å²) in [7, 11) is -7.84.